The molecular weight excluding hydrogens is 326 g/mol. The van der Waals surface area contributed by atoms with Crippen LogP contribution in [-0.2, 0) is 24.4 Å². The van der Waals surface area contributed by atoms with Gasteiger partial charge in [0, 0.05) is 12.6 Å². The lowest BCUT2D eigenvalue weighted by molar-refractivity contribution is -0.148. The molecule has 0 spiro atoms. The predicted molar refractivity (Wildman–Crippen MR) is 86.5 cm³/mol. The molecule has 0 aromatic rings. The SMILES string of the molecule is CC(CN)S(=O)(=O)O.CC=CC(=O)OCC(CCCC)C(=O)O. The van der Waals surface area contributed by atoms with Crippen molar-refractivity contribution in [1.29, 1.82) is 0 Å². The lowest BCUT2D eigenvalue weighted by Crippen LogP contribution is -2.25. The number of allylic oxidation sites excluding steroid dienone is 1. The van der Waals surface area contributed by atoms with Gasteiger partial charge in [0.1, 0.15) is 6.61 Å². The molecule has 0 radical (unpaired) electrons. The summed E-state index contributed by atoms with van der Waals surface area (Å²) in [6.07, 6.45) is 5.16. The minimum Gasteiger partial charge on any atom is -0.481 e. The Hall–Kier alpha value is -1.45. The van der Waals surface area contributed by atoms with Gasteiger partial charge in [-0.2, -0.15) is 8.42 Å². The first-order valence-corrected chi connectivity index (χ1v) is 8.78. The number of carbonyl (C=O) groups is 2. The van der Waals surface area contributed by atoms with Gasteiger partial charge in [-0.3, -0.25) is 9.35 Å². The van der Waals surface area contributed by atoms with Gasteiger partial charge in [-0.15, -0.1) is 0 Å². The van der Waals surface area contributed by atoms with Crippen LogP contribution in [-0.4, -0.2) is 48.4 Å². The van der Waals surface area contributed by atoms with Crippen molar-refractivity contribution < 1.29 is 32.4 Å². The molecule has 0 heterocycles. The third kappa shape index (κ3) is 13.9. The highest BCUT2D eigenvalue weighted by Gasteiger charge is 2.18. The molecule has 0 rings (SSSR count). The number of esters is 1. The summed E-state index contributed by atoms with van der Waals surface area (Å²) in [7, 11) is -3.88. The molecule has 136 valence electrons. The molecule has 9 heteroatoms. The molecule has 8 nitrogen and oxygen atoms in total. The van der Waals surface area contributed by atoms with Gasteiger partial charge in [-0.05, 0) is 20.3 Å². The average Bonchev–Trinajstić information content (AvgIpc) is 2.46. The van der Waals surface area contributed by atoms with E-state index < -0.39 is 33.2 Å². The third-order valence-electron chi connectivity index (χ3n) is 2.83. The molecule has 0 bridgehead atoms. The molecule has 0 aromatic carbocycles. The van der Waals surface area contributed by atoms with E-state index in [1.54, 1.807) is 13.0 Å². The highest BCUT2D eigenvalue weighted by atomic mass is 32.2. The molecule has 0 saturated carbocycles. The van der Waals surface area contributed by atoms with Crippen LogP contribution in [0.3, 0.4) is 0 Å². The summed E-state index contributed by atoms with van der Waals surface area (Å²) in [5.41, 5.74) is 4.92. The number of aliphatic carboxylic acids is 1. The number of carbonyl (C=O) groups excluding carboxylic acids is 1. The van der Waals surface area contributed by atoms with Crippen LogP contribution in [0.2, 0.25) is 0 Å². The van der Waals surface area contributed by atoms with Crippen molar-refractivity contribution in [2.45, 2.75) is 45.3 Å². The number of carboxylic acids is 1. The van der Waals surface area contributed by atoms with Gasteiger partial charge in [0.2, 0.25) is 0 Å². The first-order valence-electron chi connectivity index (χ1n) is 7.28. The quantitative estimate of drug-likeness (QED) is 0.319. The Morgan fingerprint density at radius 2 is 1.91 bits per heavy atom. The van der Waals surface area contributed by atoms with Crippen molar-refractivity contribution in [2.24, 2.45) is 11.7 Å². The van der Waals surface area contributed by atoms with Crippen LogP contribution in [0.4, 0.5) is 0 Å². The van der Waals surface area contributed by atoms with Gasteiger partial charge in [-0.25, -0.2) is 4.79 Å². The summed E-state index contributed by atoms with van der Waals surface area (Å²) >= 11 is 0. The molecule has 0 fully saturated rings. The molecule has 0 aliphatic rings. The minimum absolute atomic E-state index is 0.0428. The molecule has 23 heavy (non-hydrogen) atoms. The van der Waals surface area contributed by atoms with Crippen molar-refractivity contribution in [3.63, 3.8) is 0 Å². The fourth-order valence-corrected chi connectivity index (χ4v) is 1.46. The van der Waals surface area contributed by atoms with Crippen LogP contribution < -0.4 is 5.73 Å². The number of hydrogen-bond donors (Lipinski definition) is 3. The van der Waals surface area contributed by atoms with Crippen LogP contribution in [0.1, 0.15) is 40.0 Å². The Balaban J connectivity index is 0. The monoisotopic (exact) mass is 353 g/mol. The predicted octanol–water partition coefficient (Wildman–Crippen LogP) is 1.22. The van der Waals surface area contributed by atoms with Crippen LogP contribution in [0, 0.1) is 5.92 Å². The van der Waals surface area contributed by atoms with Crippen LogP contribution in [0.5, 0.6) is 0 Å². The van der Waals surface area contributed by atoms with Gasteiger partial charge in [0.05, 0.1) is 11.2 Å². The number of nitrogens with two attached hydrogens (primary N) is 1. The van der Waals surface area contributed by atoms with Crippen molar-refractivity contribution in [3.8, 4) is 0 Å². The Bertz CT molecular complexity index is 474. The van der Waals surface area contributed by atoms with E-state index in [0.29, 0.717) is 6.42 Å². The van der Waals surface area contributed by atoms with E-state index in [0.717, 1.165) is 12.8 Å². The standard InChI is InChI=1S/C11H18O4.C3H9NO3S/c1-3-5-7-9(11(13)14)8-15-10(12)6-4-2;1-3(2-4)8(5,6)7/h4,6,9H,3,5,7-8H2,1-2H3,(H,13,14);3H,2,4H2,1H3,(H,5,6,7). The molecule has 0 aliphatic heterocycles. The van der Waals surface area contributed by atoms with Crippen molar-refractivity contribution >= 4 is 22.1 Å². The normalized spacial score (nSPS) is 13.8. The zero-order valence-electron chi connectivity index (χ0n) is 13.8. The summed E-state index contributed by atoms with van der Waals surface area (Å²) in [6, 6.07) is 0. The number of ether oxygens (including phenoxy) is 1. The number of rotatable bonds is 9. The fourth-order valence-electron chi connectivity index (χ4n) is 1.22. The summed E-state index contributed by atoms with van der Waals surface area (Å²) in [4.78, 5) is 21.7. The highest BCUT2D eigenvalue weighted by Crippen LogP contribution is 2.09. The fraction of sp³-hybridized carbons (Fsp3) is 0.714. The second-order valence-corrected chi connectivity index (χ2v) is 6.70. The summed E-state index contributed by atoms with van der Waals surface area (Å²) < 4.78 is 33.1. The van der Waals surface area contributed by atoms with Gasteiger partial charge in [0.25, 0.3) is 10.1 Å². The molecular formula is C14H27NO7S. The van der Waals surface area contributed by atoms with Gasteiger partial charge >= 0.3 is 11.9 Å². The maximum atomic E-state index is 10.9. The van der Waals surface area contributed by atoms with Gasteiger partial charge < -0.3 is 15.6 Å². The first-order chi connectivity index (χ1) is 10.6. The molecule has 0 amide bonds. The average molecular weight is 353 g/mol. The largest absolute Gasteiger partial charge is 0.481 e. The zero-order valence-corrected chi connectivity index (χ0v) is 14.6. The number of carboxylic acid groups (broad SMARTS) is 1. The molecule has 2 atom stereocenters. The number of hydrogen-bond acceptors (Lipinski definition) is 6. The second kappa shape index (κ2) is 13.0. The van der Waals surface area contributed by atoms with E-state index in [1.807, 2.05) is 6.92 Å². The van der Waals surface area contributed by atoms with Gasteiger partial charge in [-0.1, -0.05) is 25.8 Å². The van der Waals surface area contributed by atoms with E-state index in [4.69, 9.17) is 20.1 Å². The minimum atomic E-state index is -3.88. The van der Waals surface area contributed by atoms with E-state index >= 15 is 0 Å². The second-order valence-electron chi connectivity index (χ2n) is 4.87. The lowest BCUT2D eigenvalue weighted by atomic mass is 10.0. The Kier molecular flexibility index (Phi) is 13.5. The topological polar surface area (TPSA) is 144 Å². The lowest BCUT2D eigenvalue weighted by Gasteiger charge is -2.11. The van der Waals surface area contributed by atoms with Crippen molar-refractivity contribution in [3.05, 3.63) is 12.2 Å². The molecule has 0 aliphatic carbocycles. The molecule has 0 saturated heterocycles. The molecule has 2 unspecified atom stereocenters. The summed E-state index contributed by atoms with van der Waals surface area (Å²) in [6.45, 7) is 4.95. The van der Waals surface area contributed by atoms with Crippen LogP contribution >= 0.6 is 0 Å². The maximum absolute atomic E-state index is 10.9. The van der Waals surface area contributed by atoms with Crippen LogP contribution in [0.15, 0.2) is 12.2 Å². The van der Waals surface area contributed by atoms with E-state index in [-0.39, 0.29) is 13.2 Å². The van der Waals surface area contributed by atoms with Crippen molar-refractivity contribution in [1.82, 2.24) is 0 Å². The van der Waals surface area contributed by atoms with Crippen LogP contribution in [0.25, 0.3) is 0 Å². The van der Waals surface area contributed by atoms with E-state index in [1.165, 1.54) is 13.0 Å². The zero-order chi connectivity index (χ0) is 18.5. The number of unbranched alkanes of at least 4 members (excludes halogenated alkanes) is 1. The smallest absolute Gasteiger partial charge is 0.330 e. The maximum Gasteiger partial charge on any atom is 0.330 e. The third-order valence-corrected chi connectivity index (χ3v) is 4.03. The van der Waals surface area contributed by atoms with Gasteiger partial charge in [0.15, 0.2) is 0 Å². The Morgan fingerprint density at radius 1 is 1.35 bits per heavy atom. The van der Waals surface area contributed by atoms with Crippen molar-refractivity contribution in [2.75, 3.05) is 13.2 Å². The first kappa shape index (κ1) is 23.8. The summed E-state index contributed by atoms with van der Waals surface area (Å²) in [5.74, 6) is -1.98. The Labute approximate surface area is 137 Å². The molecule has 0 aromatic heterocycles. The Morgan fingerprint density at radius 3 is 2.22 bits per heavy atom. The highest BCUT2D eigenvalue weighted by molar-refractivity contribution is 7.86. The van der Waals surface area contributed by atoms with E-state index in [2.05, 4.69) is 0 Å². The summed E-state index contributed by atoms with van der Waals surface area (Å²) in [5, 5.41) is 7.99. The molecule has 4 N–H and O–H groups in total. The van der Waals surface area contributed by atoms with E-state index in [9.17, 15) is 18.0 Å².